The topological polar surface area (TPSA) is 565 Å². The molecule has 0 radical (unpaired) electrons. The lowest BCUT2D eigenvalue weighted by molar-refractivity contribution is 0.119. The van der Waals surface area contributed by atoms with Gasteiger partial charge >= 0.3 is 0 Å². The van der Waals surface area contributed by atoms with Gasteiger partial charge in [-0.1, -0.05) is 121 Å². The number of hydrogen-bond acceptors (Lipinski definition) is 20. The van der Waals surface area contributed by atoms with Crippen molar-refractivity contribution in [2.45, 2.75) is 200 Å². The number of halogens is 10. The van der Waals surface area contributed by atoms with E-state index in [9.17, 15) is 0 Å². The maximum absolute atomic E-state index is 7.45. The van der Waals surface area contributed by atoms with Crippen molar-refractivity contribution in [3.05, 3.63) is 298 Å². The summed E-state index contributed by atoms with van der Waals surface area (Å²) in [6.07, 6.45) is 24.5. The molecule has 39 heteroatoms. The molecule has 0 spiro atoms. The molecule has 0 aliphatic carbocycles. The van der Waals surface area contributed by atoms with Gasteiger partial charge in [0.05, 0.1) is 52.5 Å². The van der Waals surface area contributed by atoms with Gasteiger partial charge < -0.3 is 104 Å². The Bertz CT molecular complexity index is 4120. The van der Waals surface area contributed by atoms with Gasteiger partial charge in [0.2, 0.25) is 34.0 Å². The summed E-state index contributed by atoms with van der Waals surface area (Å²) in [6.45, 7) is 2.59. The fourth-order valence-electron chi connectivity index (χ4n) is 13.3. The Morgan fingerprint density at radius 2 is 0.234 bits per heavy atom. The summed E-state index contributed by atoms with van der Waals surface area (Å²) in [5.41, 5.74) is 61.0. The highest BCUT2D eigenvalue weighted by atomic mass is 35.5. The Balaban J connectivity index is -0.000000554. The number of nitrogens with two attached hydrogens (primary N) is 9. The standard InChI is InChI=1S/C22H29N3O2.4C21H28N4O2.10ClH/c1-17(23)4-2-5-18-8-12-20(13-9-18)26-16-27-21-14-10-19(11-15-21)6-3-7-22(24)25;4*22-20(23)5-1-3-16-7-11-18(12-8-16)26-15-27-19-13-9-17(10-14-19)4-2-6-21(24)25;;;;;;;;;;/h8-15,23H,2-7,16H2,1H3,(H3,24,25);4*7-14H,1-6,15H2,(H3,22,23)(H3,24,25);10*1H. The molecule has 0 amide bonds. The van der Waals surface area contributed by atoms with E-state index < -0.39 is 0 Å². The van der Waals surface area contributed by atoms with E-state index in [2.05, 4.69) is 12.1 Å². The monoisotopic (exact) mass is 2200 g/mol. The first-order valence-electron chi connectivity index (χ1n) is 45.8. The molecule has 0 atom stereocenters. The summed E-state index contributed by atoms with van der Waals surface area (Å²) in [5, 5.41) is 72.5. The van der Waals surface area contributed by atoms with Crippen LogP contribution in [-0.2, 0) is 64.2 Å². The number of rotatable bonds is 60. The molecule has 28 N–H and O–H groups in total. The number of ether oxygens (including phenoxy) is 10. The van der Waals surface area contributed by atoms with Crippen LogP contribution < -0.4 is 99.0 Å². The van der Waals surface area contributed by atoms with Crippen LogP contribution in [0.2, 0.25) is 0 Å². The molecule has 800 valence electrons. The molecule has 145 heavy (non-hydrogen) atoms. The summed E-state index contributed by atoms with van der Waals surface area (Å²) in [7, 11) is 0. The van der Waals surface area contributed by atoms with Crippen LogP contribution in [0.15, 0.2) is 243 Å². The largest absolute Gasteiger partial charge is 0.458 e. The van der Waals surface area contributed by atoms with Crippen LogP contribution in [-0.4, -0.2) is 92.2 Å². The molecule has 10 rings (SSSR count). The Hall–Kier alpha value is -12.0. The van der Waals surface area contributed by atoms with E-state index in [0.717, 1.165) is 198 Å². The average molecular weight is 2210 g/mol. The molecule has 0 aliphatic heterocycles. The predicted octanol–water partition coefficient (Wildman–Crippen LogP) is 23.4. The smallest absolute Gasteiger partial charge is 0.230 e. The van der Waals surface area contributed by atoms with E-state index in [4.69, 9.17) is 153 Å². The third kappa shape index (κ3) is 70.4. The van der Waals surface area contributed by atoms with Crippen molar-refractivity contribution in [3.63, 3.8) is 0 Å². The SMILES string of the molecule is CC(=N)CCCc1ccc(OCOc2ccc(CCCC(=N)N)cc2)cc1.Cl.Cl.Cl.Cl.Cl.Cl.Cl.Cl.Cl.Cl.N=C(N)CCCc1ccc(OCOc2ccc(CCCC(=N)N)cc2)cc1.N=C(N)CCCc1ccc(OCOc2ccc(CCCC(=N)N)cc2)cc1.N=C(N)CCCc1ccc(OCOc2ccc(CCCC(=N)N)cc2)cc1.N=C(N)CCCc1ccc(OCOc2ccc(CCCC(=N)N)cc2)cc1. The van der Waals surface area contributed by atoms with Crippen molar-refractivity contribution in [2.24, 2.45) is 51.6 Å². The van der Waals surface area contributed by atoms with Crippen molar-refractivity contribution in [1.82, 2.24) is 0 Å². The van der Waals surface area contributed by atoms with Crippen LogP contribution >= 0.6 is 124 Å². The number of amidine groups is 9. The molecular weight excluding hydrogens is 2050 g/mol. The van der Waals surface area contributed by atoms with Crippen LogP contribution in [0.3, 0.4) is 0 Å². The average Bonchev–Trinajstić information content (AvgIpc) is 0.905. The molecule has 29 nitrogen and oxygen atoms in total. The lowest BCUT2D eigenvalue weighted by atomic mass is 10.1. The van der Waals surface area contributed by atoms with Crippen LogP contribution in [0.4, 0.5) is 0 Å². The number of hydrogen-bond donors (Lipinski definition) is 19. The van der Waals surface area contributed by atoms with Crippen LogP contribution in [0.25, 0.3) is 0 Å². The molecule has 0 fully saturated rings. The molecule has 0 unspecified atom stereocenters. The highest BCUT2D eigenvalue weighted by Crippen LogP contribution is 2.25. The third-order valence-corrected chi connectivity index (χ3v) is 20.7. The van der Waals surface area contributed by atoms with E-state index in [0.29, 0.717) is 57.8 Å². The Morgan fingerprint density at radius 1 is 0.152 bits per heavy atom. The van der Waals surface area contributed by atoms with Gasteiger partial charge in [0.25, 0.3) is 0 Å². The maximum atomic E-state index is 7.45. The number of benzene rings is 10. The van der Waals surface area contributed by atoms with Gasteiger partial charge in [-0.25, -0.2) is 0 Å². The minimum Gasteiger partial charge on any atom is -0.458 e. The lowest BCUT2D eigenvalue weighted by Crippen LogP contribution is -2.09. The minimum absolute atomic E-state index is 0. The maximum Gasteiger partial charge on any atom is 0.230 e. The highest BCUT2D eigenvalue weighted by Gasteiger charge is 2.10. The molecule has 0 bridgehead atoms. The molecule has 10 aromatic carbocycles. The van der Waals surface area contributed by atoms with Gasteiger partial charge in [-0.05, 0) is 319 Å². The quantitative estimate of drug-likeness (QED) is 0.00956. The first-order chi connectivity index (χ1) is 65.1. The van der Waals surface area contributed by atoms with E-state index in [-0.39, 0.29) is 211 Å². The fourth-order valence-corrected chi connectivity index (χ4v) is 13.3. The number of nitrogens with one attached hydrogen (secondary N) is 10. The van der Waals surface area contributed by atoms with Gasteiger partial charge in [-0.2, -0.15) is 0 Å². The highest BCUT2D eigenvalue weighted by molar-refractivity contribution is 5.87. The molecule has 0 saturated heterocycles. The molecule has 0 aromatic heterocycles. The number of aryl methyl sites for hydroxylation is 10. The predicted molar refractivity (Wildman–Crippen MR) is 618 cm³/mol. The lowest BCUT2D eigenvalue weighted by Gasteiger charge is -2.10. The van der Waals surface area contributed by atoms with Gasteiger partial charge in [0.1, 0.15) is 57.5 Å². The third-order valence-electron chi connectivity index (χ3n) is 20.7. The van der Waals surface area contributed by atoms with E-state index in [1.807, 2.05) is 237 Å². The van der Waals surface area contributed by atoms with E-state index in [1.165, 1.54) is 55.6 Å². The molecule has 10 aromatic rings. The van der Waals surface area contributed by atoms with E-state index >= 15 is 0 Å². The second-order valence-electron chi connectivity index (χ2n) is 32.5. The van der Waals surface area contributed by atoms with Crippen molar-refractivity contribution in [3.8, 4) is 57.5 Å². The molecular formula is C106H151Cl10N19O10. The zero-order chi connectivity index (χ0) is 97.4. The normalized spacial score (nSPS) is 9.66. The summed E-state index contributed by atoms with van der Waals surface area (Å²) in [4.78, 5) is 0. The summed E-state index contributed by atoms with van der Waals surface area (Å²) in [6, 6.07) is 79.0. The Morgan fingerprint density at radius 3 is 0.310 bits per heavy atom. The minimum atomic E-state index is 0. The molecule has 0 saturated carbocycles. The summed E-state index contributed by atoms with van der Waals surface area (Å²) in [5.74, 6) is 9.69. The summed E-state index contributed by atoms with van der Waals surface area (Å²) < 4.78 is 56.2. The Kier molecular flexibility index (Phi) is 83.2. The second kappa shape index (κ2) is 85.3. The van der Waals surface area contributed by atoms with E-state index in [1.54, 1.807) is 0 Å². The van der Waals surface area contributed by atoms with Crippen molar-refractivity contribution in [2.75, 3.05) is 34.0 Å². The van der Waals surface area contributed by atoms with Crippen LogP contribution in [0.5, 0.6) is 57.5 Å². The first-order valence-corrected chi connectivity index (χ1v) is 45.8. The molecule has 0 aliphatic rings. The van der Waals surface area contributed by atoms with Crippen LogP contribution in [0, 0.1) is 54.1 Å². The first kappa shape index (κ1) is 141. The van der Waals surface area contributed by atoms with Gasteiger partial charge in [0.15, 0.2) is 0 Å². The van der Waals surface area contributed by atoms with Gasteiger partial charge in [0, 0.05) is 63.5 Å². The van der Waals surface area contributed by atoms with Crippen molar-refractivity contribution >= 4 is 182 Å². The van der Waals surface area contributed by atoms with Crippen LogP contribution in [0.1, 0.15) is 191 Å². The van der Waals surface area contributed by atoms with Crippen molar-refractivity contribution in [1.29, 1.82) is 54.1 Å². The van der Waals surface area contributed by atoms with Gasteiger partial charge in [-0.3, -0.25) is 48.7 Å². The summed E-state index contributed by atoms with van der Waals surface area (Å²) >= 11 is 0. The zero-order valence-corrected chi connectivity index (χ0v) is 90.4. The molecule has 0 heterocycles. The fraction of sp³-hybridized carbons (Fsp3) is 0.340. The Labute approximate surface area is 917 Å². The van der Waals surface area contributed by atoms with Gasteiger partial charge in [-0.15, -0.1) is 124 Å². The van der Waals surface area contributed by atoms with Crippen molar-refractivity contribution < 1.29 is 47.4 Å². The zero-order valence-electron chi connectivity index (χ0n) is 82.2. The second-order valence-corrected chi connectivity index (χ2v) is 32.5.